The van der Waals surface area contributed by atoms with Crippen LogP contribution in [0, 0.1) is 5.82 Å². The molecule has 0 fully saturated rings. The molecule has 0 aliphatic carbocycles. The lowest BCUT2D eigenvalue weighted by Crippen LogP contribution is -2.29. The van der Waals surface area contributed by atoms with Crippen molar-refractivity contribution in [3.05, 3.63) is 70.8 Å². The summed E-state index contributed by atoms with van der Waals surface area (Å²) < 4.78 is 13.4. The lowest BCUT2D eigenvalue weighted by molar-refractivity contribution is -0.117. The molecular formula is C16H14ClFN2O2. The van der Waals surface area contributed by atoms with Crippen molar-refractivity contribution in [1.82, 2.24) is 10.3 Å². The minimum atomic E-state index is -0.715. The van der Waals surface area contributed by atoms with Crippen LogP contribution in [-0.2, 0) is 4.79 Å². The first-order chi connectivity index (χ1) is 10.6. The minimum absolute atomic E-state index is 0.0122. The van der Waals surface area contributed by atoms with Gasteiger partial charge in [0.25, 0.3) is 0 Å². The summed E-state index contributed by atoms with van der Waals surface area (Å²) in [5.41, 5.74) is 1.07. The van der Waals surface area contributed by atoms with Crippen LogP contribution in [0.1, 0.15) is 17.3 Å². The summed E-state index contributed by atoms with van der Waals surface area (Å²) in [5.74, 6) is -1.02. The zero-order chi connectivity index (χ0) is 15.9. The minimum Gasteiger partial charge on any atom is -0.394 e. The standard InChI is InChI=1S/C16H14ClFN2O2/c17-13-6-4-11(9-14(13)18)15(10-21)20-16(22)7-5-12-3-1-2-8-19-12/h1-9,15,21H,10H2,(H,20,22)/b7-5+. The fourth-order valence-electron chi connectivity index (χ4n) is 1.82. The molecule has 0 aliphatic heterocycles. The summed E-state index contributed by atoms with van der Waals surface area (Å²) in [6, 6.07) is 8.73. The van der Waals surface area contributed by atoms with E-state index < -0.39 is 17.8 Å². The van der Waals surface area contributed by atoms with Gasteiger partial charge >= 0.3 is 0 Å². The van der Waals surface area contributed by atoms with Crippen LogP contribution in [0.2, 0.25) is 5.02 Å². The van der Waals surface area contributed by atoms with Crippen LogP contribution in [0.25, 0.3) is 6.08 Å². The first kappa shape index (κ1) is 16.1. The SMILES string of the molecule is O=C(/C=C/c1ccccn1)NC(CO)c1ccc(Cl)c(F)c1. The Morgan fingerprint density at radius 1 is 1.41 bits per heavy atom. The van der Waals surface area contributed by atoms with Crippen LogP contribution < -0.4 is 5.32 Å². The number of hydrogen-bond donors (Lipinski definition) is 2. The average molecular weight is 321 g/mol. The molecule has 1 aromatic carbocycles. The lowest BCUT2D eigenvalue weighted by Gasteiger charge is -2.16. The second kappa shape index (κ2) is 7.68. The van der Waals surface area contributed by atoms with Gasteiger partial charge in [-0.25, -0.2) is 4.39 Å². The Kier molecular flexibility index (Phi) is 5.63. The Bertz CT molecular complexity index is 677. The van der Waals surface area contributed by atoms with E-state index >= 15 is 0 Å². The number of aromatic nitrogens is 1. The molecule has 2 aromatic rings. The van der Waals surface area contributed by atoms with Gasteiger partial charge in [0, 0.05) is 12.3 Å². The quantitative estimate of drug-likeness (QED) is 0.833. The third-order valence-electron chi connectivity index (χ3n) is 2.94. The number of carbonyl (C=O) groups excluding carboxylic acids is 1. The molecule has 0 spiro atoms. The fourth-order valence-corrected chi connectivity index (χ4v) is 1.94. The van der Waals surface area contributed by atoms with Crippen molar-refractivity contribution in [2.45, 2.75) is 6.04 Å². The Hall–Kier alpha value is -2.24. The fraction of sp³-hybridized carbons (Fsp3) is 0.125. The number of halogens is 2. The van der Waals surface area contributed by atoms with Crippen LogP contribution in [0.4, 0.5) is 4.39 Å². The molecule has 1 aromatic heterocycles. The third kappa shape index (κ3) is 4.38. The molecule has 2 N–H and O–H groups in total. The monoisotopic (exact) mass is 320 g/mol. The van der Waals surface area contributed by atoms with E-state index in [1.165, 1.54) is 18.2 Å². The summed E-state index contributed by atoms with van der Waals surface area (Å²) >= 11 is 5.61. The topological polar surface area (TPSA) is 62.2 Å². The van der Waals surface area contributed by atoms with Gasteiger partial charge in [-0.15, -0.1) is 0 Å². The molecule has 1 atom stereocenters. The zero-order valence-corrected chi connectivity index (χ0v) is 12.3. The van der Waals surface area contributed by atoms with Crippen molar-refractivity contribution >= 4 is 23.6 Å². The van der Waals surface area contributed by atoms with E-state index in [1.54, 1.807) is 36.5 Å². The molecule has 0 bridgehead atoms. The maximum Gasteiger partial charge on any atom is 0.244 e. The molecule has 22 heavy (non-hydrogen) atoms. The second-order valence-electron chi connectivity index (χ2n) is 4.51. The predicted octanol–water partition coefficient (Wildman–Crippen LogP) is 2.74. The van der Waals surface area contributed by atoms with Gasteiger partial charge in [-0.3, -0.25) is 9.78 Å². The van der Waals surface area contributed by atoms with E-state index in [9.17, 15) is 14.3 Å². The van der Waals surface area contributed by atoms with Crippen molar-refractivity contribution in [2.75, 3.05) is 6.61 Å². The highest BCUT2D eigenvalue weighted by molar-refractivity contribution is 6.30. The molecule has 6 heteroatoms. The molecule has 2 rings (SSSR count). The van der Waals surface area contributed by atoms with Crippen LogP contribution in [0.15, 0.2) is 48.7 Å². The highest BCUT2D eigenvalue weighted by Crippen LogP contribution is 2.20. The van der Waals surface area contributed by atoms with Gasteiger partial charge in [-0.1, -0.05) is 23.7 Å². The Morgan fingerprint density at radius 2 is 2.23 bits per heavy atom. The van der Waals surface area contributed by atoms with Crippen LogP contribution in [-0.4, -0.2) is 22.6 Å². The van der Waals surface area contributed by atoms with Crippen molar-refractivity contribution in [3.8, 4) is 0 Å². The second-order valence-corrected chi connectivity index (χ2v) is 4.91. The van der Waals surface area contributed by atoms with Crippen LogP contribution in [0.3, 0.4) is 0 Å². The summed E-state index contributed by atoms with van der Waals surface area (Å²) in [5, 5.41) is 11.9. The number of aliphatic hydroxyl groups is 1. The van der Waals surface area contributed by atoms with E-state index in [-0.39, 0.29) is 11.6 Å². The first-order valence-electron chi connectivity index (χ1n) is 6.55. The maximum absolute atomic E-state index is 13.4. The van der Waals surface area contributed by atoms with E-state index in [1.807, 2.05) is 0 Å². The smallest absolute Gasteiger partial charge is 0.244 e. The zero-order valence-electron chi connectivity index (χ0n) is 11.5. The van der Waals surface area contributed by atoms with E-state index in [0.29, 0.717) is 11.3 Å². The van der Waals surface area contributed by atoms with Gasteiger partial charge in [0.2, 0.25) is 5.91 Å². The third-order valence-corrected chi connectivity index (χ3v) is 3.24. The highest BCUT2D eigenvalue weighted by atomic mass is 35.5. The summed E-state index contributed by atoms with van der Waals surface area (Å²) in [7, 11) is 0. The van der Waals surface area contributed by atoms with Gasteiger partial charge in [0.15, 0.2) is 0 Å². The normalized spacial score (nSPS) is 12.3. The van der Waals surface area contributed by atoms with E-state index in [4.69, 9.17) is 11.6 Å². The summed E-state index contributed by atoms with van der Waals surface area (Å²) in [6.45, 7) is -0.357. The van der Waals surface area contributed by atoms with Crippen molar-refractivity contribution < 1.29 is 14.3 Å². The Labute approximate surface area is 132 Å². The molecule has 0 aliphatic rings. The number of rotatable bonds is 5. The number of nitrogens with zero attached hydrogens (tertiary/aromatic N) is 1. The number of amides is 1. The largest absolute Gasteiger partial charge is 0.394 e. The molecular weight excluding hydrogens is 307 g/mol. The van der Waals surface area contributed by atoms with Crippen molar-refractivity contribution in [1.29, 1.82) is 0 Å². The molecule has 114 valence electrons. The molecule has 1 heterocycles. The van der Waals surface area contributed by atoms with Gasteiger partial charge in [-0.05, 0) is 35.9 Å². The van der Waals surface area contributed by atoms with Gasteiger partial charge < -0.3 is 10.4 Å². The molecule has 1 amide bonds. The molecule has 4 nitrogen and oxygen atoms in total. The number of benzene rings is 1. The van der Waals surface area contributed by atoms with E-state index in [0.717, 1.165) is 0 Å². The highest BCUT2D eigenvalue weighted by Gasteiger charge is 2.14. The molecule has 1 unspecified atom stereocenters. The lowest BCUT2D eigenvalue weighted by atomic mass is 10.1. The summed E-state index contributed by atoms with van der Waals surface area (Å²) in [6.07, 6.45) is 4.47. The Balaban J connectivity index is 2.04. The number of pyridine rings is 1. The Morgan fingerprint density at radius 3 is 2.86 bits per heavy atom. The van der Waals surface area contributed by atoms with Gasteiger partial charge in [-0.2, -0.15) is 0 Å². The molecule has 0 saturated carbocycles. The van der Waals surface area contributed by atoms with Crippen molar-refractivity contribution in [3.63, 3.8) is 0 Å². The van der Waals surface area contributed by atoms with E-state index in [2.05, 4.69) is 10.3 Å². The van der Waals surface area contributed by atoms with Crippen LogP contribution in [0.5, 0.6) is 0 Å². The van der Waals surface area contributed by atoms with Gasteiger partial charge in [0.1, 0.15) is 5.82 Å². The first-order valence-corrected chi connectivity index (χ1v) is 6.93. The maximum atomic E-state index is 13.4. The number of carbonyl (C=O) groups is 1. The average Bonchev–Trinajstić information content (AvgIpc) is 2.54. The molecule has 0 saturated heterocycles. The van der Waals surface area contributed by atoms with Gasteiger partial charge in [0.05, 0.1) is 23.4 Å². The number of nitrogens with one attached hydrogen (secondary N) is 1. The predicted molar refractivity (Wildman–Crippen MR) is 82.7 cm³/mol. The molecule has 0 radical (unpaired) electrons. The number of aliphatic hydroxyl groups excluding tert-OH is 1. The number of hydrogen-bond acceptors (Lipinski definition) is 3. The van der Waals surface area contributed by atoms with Crippen molar-refractivity contribution in [2.24, 2.45) is 0 Å². The van der Waals surface area contributed by atoms with Crippen LogP contribution >= 0.6 is 11.6 Å². The summed E-state index contributed by atoms with van der Waals surface area (Å²) in [4.78, 5) is 15.9.